The summed E-state index contributed by atoms with van der Waals surface area (Å²) in [5, 5.41) is 12.1. The molecule has 0 aromatic heterocycles. The average Bonchev–Trinajstić information content (AvgIpc) is 2.81. The lowest BCUT2D eigenvalue weighted by Gasteiger charge is -2.26. The van der Waals surface area contributed by atoms with Crippen molar-refractivity contribution in [2.45, 2.75) is 71.0 Å². The zero-order chi connectivity index (χ0) is 23.6. The average molecular weight is 444 g/mol. The largest absolute Gasteiger partial charge is 0.384 e. The molecule has 0 bridgehead atoms. The van der Waals surface area contributed by atoms with Gasteiger partial charge >= 0.3 is 0 Å². The van der Waals surface area contributed by atoms with Gasteiger partial charge in [-0.15, -0.1) is 12.3 Å². The molecular weight excluding hydrogens is 398 g/mol. The minimum absolute atomic E-state index is 0.115. The molecule has 0 aliphatic rings. The third-order valence-corrected chi connectivity index (χ3v) is 5.70. The van der Waals surface area contributed by atoms with Gasteiger partial charge < -0.3 is 22.1 Å². The minimum atomic E-state index is 0.115. The number of hydrogen-bond acceptors (Lipinski definition) is 7. The number of rotatable bonds is 18. The van der Waals surface area contributed by atoms with Gasteiger partial charge in [-0.2, -0.15) is 0 Å². The monoisotopic (exact) mass is 443 g/mol. The Balaban J connectivity index is 2.47. The summed E-state index contributed by atoms with van der Waals surface area (Å²) in [5.74, 6) is 9.47. The molecule has 7 heteroatoms. The van der Waals surface area contributed by atoms with Gasteiger partial charge in [-0.25, -0.2) is 5.84 Å². The maximum Gasteiger partial charge on any atom is 0.115 e. The minimum Gasteiger partial charge on any atom is -0.384 e. The van der Waals surface area contributed by atoms with Gasteiger partial charge in [0.15, 0.2) is 0 Å². The van der Waals surface area contributed by atoms with Gasteiger partial charge in [0.25, 0.3) is 0 Å². The van der Waals surface area contributed by atoms with Crippen molar-refractivity contribution in [3.05, 3.63) is 47.3 Å². The van der Waals surface area contributed by atoms with Crippen molar-refractivity contribution in [1.29, 1.82) is 0 Å². The second-order valence-electron chi connectivity index (χ2n) is 8.34. The molecule has 0 aliphatic carbocycles. The first-order chi connectivity index (χ1) is 15.5. The maximum atomic E-state index is 6.32. The summed E-state index contributed by atoms with van der Waals surface area (Å²) in [6.45, 7) is 7.82. The molecule has 0 saturated carbocycles. The van der Waals surface area contributed by atoms with Crippen LogP contribution >= 0.6 is 0 Å². The molecule has 7 nitrogen and oxygen atoms in total. The van der Waals surface area contributed by atoms with Crippen LogP contribution in [0.3, 0.4) is 0 Å². The van der Waals surface area contributed by atoms with Crippen molar-refractivity contribution in [1.82, 2.24) is 21.0 Å². The van der Waals surface area contributed by atoms with Crippen LogP contribution in [0.4, 0.5) is 0 Å². The van der Waals surface area contributed by atoms with Gasteiger partial charge in [-0.05, 0) is 44.4 Å². The first-order valence-corrected chi connectivity index (χ1v) is 11.8. The molecule has 0 aliphatic heterocycles. The van der Waals surface area contributed by atoms with E-state index in [0.29, 0.717) is 18.5 Å². The van der Waals surface area contributed by atoms with Crippen LogP contribution < -0.4 is 33.3 Å². The Morgan fingerprint density at radius 2 is 1.84 bits per heavy atom. The highest BCUT2D eigenvalue weighted by atomic mass is 15.5. The number of hydrazine groups is 1. The van der Waals surface area contributed by atoms with E-state index in [1.165, 1.54) is 24.8 Å². The first kappa shape index (κ1) is 28.0. The zero-order valence-electron chi connectivity index (χ0n) is 20.1. The summed E-state index contributed by atoms with van der Waals surface area (Å²) in [4.78, 5) is 0. The van der Waals surface area contributed by atoms with Crippen molar-refractivity contribution < 1.29 is 0 Å². The summed E-state index contributed by atoms with van der Waals surface area (Å²) in [5.41, 5.74) is 14.2. The van der Waals surface area contributed by atoms with Crippen LogP contribution in [0.5, 0.6) is 0 Å². The Bertz CT molecular complexity index is 669. The molecule has 32 heavy (non-hydrogen) atoms. The van der Waals surface area contributed by atoms with E-state index >= 15 is 0 Å². The summed E-state index contributed by atoms with van der Waals surface area (Å²) >= 11 is 0. The van der Waals surface area contributed by atoms with Crippen LogP contribution in [0.25, 0.3) is 0 Å². The zero-order valence-corrected chi connectivity index (χ0v) is 20.1. The molecular formula is C25H45N7. The number of unbranched alkanes of at least 4 members (excludes halogenated alkanes) is 3. The Kier molecular flexibility index (Phi) is 15.3. The van der Waals surface area contributed by atoms with Crippen LogP contribution in [0, 0.1) is 12.3 Å². The van der Waals surface area contributed by atoms with Crippen LogP contribution in [-0.4, -0.2) is 43.4 Å². The Morgan fingerprint density at radius 3 is 2.53 bits per heavy atom. The molecule has 180 valence electrons. The van der Waals surface area contributed by atoms with Gasteiger partial charge in [-0.1, -0.05) is 49.6 Å². The molecule has 0 radical (unpaired) electrons. The number of benzene rings is 1. The van der Waals surface area contributed by atoms with Gasteiger partial charge in [0.05, 0.1) is 6.67 Å². The molecule has 0 heterocycles. The topological polar surface area (TPSA) is 117 Å². The number of nitrogens with zero attached hydrogens (tertiary/aromatic N) is 1. The van der Waals surface area contributed by atoms with E-state index in [1.807, 2.05) is 25.1 Å². The molecule has 1 rings (SSSR count). The van der Waals surface area contributed by atoms with Gasteiger partial charge in [0, 0.05) is 38.1 Å². The Hall–Kier alpha value is -2.08. The van der Waals surface area contributed by atoms with Crippen molar-refractivity contribution >= 4 is 0 Å². The second kappa shape index (κ2) is 17.5. The summed E-state index contributed by atoms with van der Waals surface area (Å²) in [6.07, 6.45) is 11.9. The fourth-order valence-corrected chi connectivity index (χ4v) is 3.44. The van der Waals surface area contributed by atoms with Crippen molar-refractivity contribution in [2.75, 3.05) is 26.3 Å². The fourth-order valence-electron chi connectivity index (χ4n) is 3.44. The van der Waals surface area contributed by atoms with E-state index in [2.05, 4.69) is 40.9 Å². The van der Waals surface area contributed by atoms with Crippen molar-refractivity contribution in [3.8, 4) is 12.3 Å². The fraction of sp³-hybridized carbons (Fsp3) is 0.600. The quantitative estimate of drug-likeness (QED) is 0.0675. The van der Waals surface area contributed by atoms with E-state index in [4.69, 9.17) is 23.7 Å². The third-order valence-electron chi connectivity index (χ3n) is 5.70. The Labute approximate surface area is 195 Å². The molecule has 2 unspecified atom stereocenters. The predicted molar refractivity (Wildman–Crippen MR) is 136 cm³/mol. The van der Waals surface area contributed by atoms with Crippen molar-refractivity contribution in [3.63, 3.8) is 0 Å². The number of nitrogens with one attached hydrogen (secondary N) is 3. The standard InChI is InChI=1S/C25H45N7/c1-4-5-17-30-24(15-11-6-7-12-16-26)19-31-22(3)21(2)25(27)32(28)20-29-18-23-13-9-8-10-14-23/h1,8-10,13-14,22,24,29-31H,5-7,11-12,15-20,26-28H2,2-3H3/b25-21+. The molecule has 9 N–H and O–H groups in total. The lowest BCUT2D eigenvalue weighted by molar-refractivity contribution is 0.315. The molecule has 0 saturated heterocycles. The molecule has 0 fully saturated rings. The van der Waals surface area contributed by atoms with Crippen LogP contribution in [0.1, 0.15) is 57.9 Å². The van der Waals surface area contributed by atoms with E-state index in [-0.39, 0.29) is 6.04 Å². The van der Waals surface area contributed by atoms with Gasteiger partial charge in [0.1, 0.15) is 5.82 Å². The predicted octanol–water partition coefficient (Wildman–Crippen LogP) is 1.97. The molecule has 2 atom stereocenters. The Morgan fingerprint density at radius 1 is 1.12 bits per heavy atom. The summed E-state index contributed by atoms with van der Waals surface area (Å²) in [6, 6.07) is 10.7. The highest BCUT2D eigenvalue weighted by Gasteiger charge is 2.14. The smallest absolute Gasteiger partial charge is 0.115 e. The van der Waals surface area contributed by atoms with Crippen molar-refractivity contribution in [2.24, 2.45) is 17.3 Å². The normalized spacial score (nSPS) is 13.8. The molecule has 0 spiro atoms. The molecule has 1 aromatic carbocycles. The van der Waals surface area contributed by atoms with Crippen LogP contribution in [0.15, 0.2) is 41.7 Å². The number of nitrogens with two attached hydrogens (primary N) is 3. The molecule has 1 aromatic rings. The lowest BCUT2D eigenvalue weighted by Crippen LogP contribution is -2.45. The SMILES string of the molecule is C#CCCNC(CCCCCCN)CNC(C)/C(C)=C(\N)N(N)CNCc1ccccc1. The highest BCUT2D eigenvalue weighted by molar-refractivity contribution is 5.15. The summed E-state index contributed by atoms with van der Waals surface area (Å²) in [7, 11) is 0. The van der Waals surface area contributed by atoms with Gasteiger partial charge in [0.2, 0.25) is 0 Å². The van der Waals surface area contributed by atoms with E-state index in [0.717, 1.165) is 51.0 Å². The van der Waals surface area contributed by atoms with Crippen LogP contribution in [-0.2, 0) is 6.54 Å². The van der Waals surface area contributed by atoms with E-state index in [1.54, 1.807) is 5.01 Å². The number of terminal acetylenes is 1. The maximum absolute atomic E-state index is 6.32. The third kappa shape index (κ3) is 12.1. The summed E-state index contributed by atoms with van der Waals surface area (Å²) < 4.78 is 0. The highest BCUT2D eigenvalue weighted by Crippen LogP contribution is 2.09. The second-order valence-corrected chi connectivity index (χ2v) is 8.34. The van der Waals surface area contributed by atoms with E-state index in [9.17, 15) is 0 Å². The van der Waals surface area contributed by atoms with E-state index < -0.39 is 0 Å². The first-order valence-electron chi connectivity index (χ1n) is 11.8. The number of hydrogen-bond donors (Lipinski definition) is 6. The van der Waals surface area contributed by atoms with Gasteiger partial charge in [-0.3, -0.25) is 10.3 Å². The lowest BCUT2D eigenvalue weighted by atomic mass is 10.1. The van der Waals surface area contributed by atoms with Crippen LogP contribution in [0.2, 0.25) is 0 Å². The molecule has 0 amide bonds.